The monoisotopic (exact) mass is 549 g/mol. The van der Waals surface area contributed by atoms with Gasteiger partial charge in [0.2, 0.25) is 17.7 Å². The van der Waals surface area contributed by atoms with Crippen LogP contribution in [0.3, 0.4) is 0 Å². The predicted molar refractivity (Wildman–Crippen MR) is 151 cm³/mol. The molecule has 0 radical (unpaired) electrons. The number of hydrogen-bond donors (Lipinski definition) is 3. The largest absolute Gasteiger partial charge is 0.460 e. The molecule has 0 aromatic carbocycles. The summed E-state index contributed by atoms with van der Waals surface area (Å²) in [6, 6.07) is 1.22. The molecule has 1 aromatic heterocycles. The number of ether oxygens (including phenoxy) is 1. The van der Waals surface area contributed by atoms with Crippen molar-refractivity contribution in [2.24, 2.45) is 11.8 Å². The zero-order valence-electron chi connectivity index (χ0n) is 23.7. The molecule has 38 heavy (non-hydrogen) atoms. The molecule has 1 aliphatic rings. The van der Waals surface area contributed by atoms with Crippen LogP contribution >= 0.6 is 11.3 Å². The van der Waals surface area contributed by atoms with Crippen LogP contribution in [0.15, 0.2) is 17.5 Å². The first-order valence-corrected chi connectivity index (χ1v) is 15.2. The molecule has 6 atom stereocenters. The van der Waals surface area contributed by atoms with Gasteiger partial charge in [-0.1, -0.05) is 78.7 Å². The van der Waals surface area contributed by atoms with E-state index in [0.29, 0.717) is 12.8 Å². The van der Waals surface area contributed by atoms with Crippen molar-refractivity contribution in [2.75, 3.05) is 0 Å². The van der Waals surface area contributed by atoms with E-state index in [9.17, 15) is 19.2 Å². The summed E-state index contributed by atoms with van der Waals surface area (Å²) in [5.74, 6) is -1.99. The van der Waals surface area contributed by atoms with Crippen LogP contribution in [0.25, 0.3) is 0 Å². The smallest absolute Gasteiger partial charge is 0.329 e. The van der Waals surface area contributed by atoms with E-state index in [1.54, 1.807) is 6.92 Å². The van der Waals surface area contributed by atoms with Crippen LogP contribution in [0.5, 0.6) is 0 Å². The Hall–Kier alpha value is -2.42. The third-order valence-corrected chi connectivity index (χ3v) is 8.35. The molecule has 0 spiro atoms. The summed E-state index contributed by atoms with van der Waals surface area (Å²) in [5.41, 5.74) is 0. The van der Waals surface area contributed by atoms with Gasteiger partial charge in [-0.2, -0.15) is 0 Å². The molecule has 214 valence electrons. The van der Waals surface area contributed by atoms with E-state index in [0.717, 1.165) is 24.1 Å². The number of carbonyl (C=O) groups is 4. The second-order valence-electron chi connectivity index (χ2n) is 10.7. The normalized spacial score (nSPS) is 25.1. The number of nitrogens with one attached hydrogen (secondary N) is 3. The number of carbonyl (C=O) groups excluding carboxylic acids is 4. The molecule has 0 bridgehead atoms. The first kappa shape index (κ1) is 31.8. The highest BCUT2D eigenvalue weighted by molar-refractivity contribution is 7.09. The Morgan fingerprint density at radius 1 is 0.947 bits per heavy atom. The van der Waals surface area contributed by atoms with Gasteiger partial charge in [0.1, 0.15) is 24.2 Å². The van der Waals surface area contributed by atoms with Crippen molar-refractivity contribution in [2.45, 2.75) is 123 Å². The van der Waals surface area contributed by atoms with E-state index in [4.69, 9.17) is 4.74 Å². The highest BCUT2D eigenvalue weighted by atomic mass is 32.1. The minimum Gasteiger partial charge on any atom is -0.460 e. The molecule has 3 N–H and O–H groups in total. The van der Waals surface area contributed by atoms with Gasteiger partial charge in [-0.25, -0.2) is 4.79 Å². The van der Waals surface area contributed by atoms with Crippen molar-refractivity contribution in [3.05, 3.63) is 22.4 Å². The molecule has 1 fully saturated rings. The standard InChI is InChI=1S/C29H47N3O5S/c1-6-8-9-10-11-12-14-20(4)24-18-25(33)31-23(17-22-15-13-16-38-22)28(35)30-21(5)27(34)32-26(19(3)7-2)29(36)37-24/h13,15-16,19-21,23-24,26H,6-12,14,17-18H2,1-5H3,(H,30,35)(H,31,33)(H,32,34)/t19-,20-,21-,23-,24-,26+/m0/s1. The van der Waals surface area contributed by atoms with E-state index < -0.39 is 42.0 Å². The number of rotatable bonds is 12. The Bertz CT molecular complexity index is 891. The highest BCUT2D eigenvalue weighted by Crippen LogP contribution is 2.22. The molecule has 8 nitrogen and oxygen atoms in total. The first-order chi connectivity index (χ1) is 18.2. The minimum absolute atomic E-state index is 0.0340. The van der Waals surface area contributed by atoms with Gasteiger partial charge in [-0.3, -0.25) is 14.4 Å². The molecule has 2 rings (SSSR count). The summed E-state index contributed by atoms with van der Waals surface area (Å²) in [4.78, 5) is 53.6. The van der Waals surface area contributed by atoms with E-state index in [2.05, 4.69) is 22.9 Å². The summed E-state index contributed by atoms with van der Waals surface area (Å²) in [6.45, 7) is 9.59. The molecule has 0 saturated carbocycles. The summed E-state index contributed by atoms with van der Waals surface area (Å²) >= 11 is 1.50. The maximum atomic E-state index is 13.3. The van der Waals surface area contributed by atoms with Crippen molar-refractivity contribution in [3.63, 3.8) is 0 Å². The molecular formula is C29H47N3O5S. The summed E-state index contributed by atoms with van der Waals surface area (Å²) in [7, 11) is 0. The molecule has 0 aliphatic carbocycles. The fourth-order valence-corrected chi connectivity index (χ4v) is 5.37. The lowest BCUT2D eigenvalue weighted by atomic mass is 9.93. The second-order valence-corrected chi connectivity index (χ2v) is 11.8. The number of hydrogen-bond acceptors (Lipinski definition) is 6. The Kier molecular flexibility index (Phi) is 13.8. The predicted octanol–water partition coefficient (Wildman–Crippen LogP) is 4.51. The zero-order valence-corrected chi connectivity index (χ0v) is 24.5. The molecule has 3 amide bonds. The van der Waals surface area contributed by atoms with Crippen LogP contribution < -0.4 is 16.0 Å². The van der Waals surface area contributed by atoms with E-state index in [1.807, 2.05) is 38.3 Å². The van der Waals surface area contributed by atoms with Crippen molar-refractivity contribution in [3.8, 4) is 0 Å². The Labute approximate surface area is 232 Å². The number of thiophene rings is 1. The van der Waals surface area contributed by atoms with Crippen LogP contribution in [0.2, 0.25) is 0 Å². The topological polar surface area (TPSA) is 114 Å². The van der Waals surface area contributed by atoms with Gasteiger partial charge in [0, 0.05) is 11.3 Å². The summed E-state index contributed by atoms with van der Waals surface area (Å²) < 4.78 is 5.96. The molecule has 1 aromatic rings. The fourth-order valence-electron chi connectivity index (χ4n) is 4.62. The van der Waals surface area contributed by atoms with Crippen molar-refractivity contribution in [1.29, 1.82) is 0 Å². The van der Waals surface area contributed by atoms with E-state index >= 15 is 0 Å². The summed E-state index contributed by atoms with van der Waals surface area (Å²) in [6.07, 6.45) is 8.03. The lowest BCUT2D eigenvalue weighted by molar-refractivity contribution is -0.158. The van der Waals surface area contributed by atoms with Crippen LogP contribution in [0.1, 0.15) is 97.3 Å². The average molecular weight is 550 g/mol. The van der Waals surface area contributed by atoms with Gasteiger partial charge >= 0.3 is 5.97 Å². The third kappa shape index (κ3) is 10.4. The quantitative estimate of drug-likeness (QED) is 0.262. The molecule has 9 heteroatoms. The van der Waals surface area contributed by atoms with Gasteiger partial charge in [-0.15, -0.1) is 11.3 Å². The summed E-state index contributed by atoms with van der Waals surface area (Å²) in [5, 5.41) is 10.3. The lowest BCUT2D eigenvalue weighted by Gasteiger charge is -2.29. The van der Waals surface area contributed by atoms with Crippen LogP contribution in [-0.2, 0) is 30.3 Å². The van der Waals surface area contributed by atoms with E-state index in [1.165, 1.54) is 37.0 Å². The molecule has 1 saturated heterocycles. The first-order valence-electron chi connectivity index (χ1n) is 14.3. The molecule has 1 aliphatic heterocycles. The fraction of sp³-hybridized carbons (Fsp3) is 0.724. The van der Waals surface area contributed by atoms with Gasteiger partial charge in [-0.05, 0) is 36.6 Å². The average Bonchev–Trinajstić information content (AvgIpc) is 3.40. The number of amides is 3. The van der Waals surface area contributed by atoms with E-state index in [-0.39, 0.29) is 24.2 Å². The molecule has 2 heterocycles. The van der Waals surface area contributed by atoms with Crippen LogP contribution in [-0.4, -0.2) is 47.9 Å². The zero-order chi connectivity index (χ0) is 28.1. The van der Waals surface area contributed by atoms with Crippen molar-refractivity contribution in [1.82, 2.24) is 16.0 Å². The number of cyclic esters (lactones) is 1. The van der Waals surface area contributed by atoms with Crippen LogP contribution in [0, 0.1) is 11.8 Å². The Morgan fingerprint density at radius 3 is 2.32 bits per heavy atom. The van der Waals surface area contributed by atoms with Gasteiger partial charge < -0.3 is 20.7 Å². The van der Waals surface area contributed by atoms with Crippen LogP contribution in [0.4, 0.5) is 0 Å². The van der Waals surface area contributed by atoms with Crippen molar-refractivity contribution >= 4 is 35.0 Å². The van der Waals surface area contributed by atoms with Crippen molar-refractivity contribution < 1.29 is 23.9 Å². The maximum absolute atomic E-state index is 13.3. The number of unbranched alkanes of at least 4 members (excludes halogenated alkanes) is 5. The maximum Gasteiger partial charge on any atom is 0.329 e. The third-order valence-electron chi connectivity index (χ3n) is 7.46. The highest BCUT2D eigenvalue weighted by Gasteiger charge is 2.35. The minimum atomic E-state index is -0.882. The van der Waals surface area contributed by atoms with Gasteiger partial charge in [0.15, 0.2) is 0 Å². The molecule has 0 unspecified atom stereocenters. The second kappa shape index (κ2) is 16.5. The SMILES string of the molecule is CCCCCCCC[C@H](C)[C@@H]1CC(=O)N[C@@H](Cc2cccs2)C(=O)N[C@@H](C)C(=O)N[C@H]([C@@H](C)CC)C(=O)O1. The Morgan fingerprint density at radius 2 is 1.66 bits per heavy atom. The number of esters is 1. The molecular weight excluding hydrogens is 502 g/mol. The van der Waals surface area contributed by atoms with Gasteiger partial charge in [0.25, 0.3) is 0 Å². The Balaban J connectivity index is 2.25. The lowest BCUT2D eigenvalue weighted by Crippen LogP contribution is -2.55. The van der Waals surface area contributed by atoms with Gasteiger partial charge in [0.05, 0.1) is 6.42 Å².